The lowest BCUT2D eigenvalue weighted by atomic mass is 9.98. The van der Waals surface area contributed by atoms with Crippen LogP contribution < -0.4 is 25.9 Å². The SMILES string of the molecule is COc1ccccc1-c1cc2c(-c3ccc(N4CCNCC4)cc3F)nc(=N)nc-2n2c1NCC2. The highest BCUT2D eigenvalue weighted by molar-refractivity contribution is 5.89. The van der Waals surface area contributed by atoms with E-state index in [1.165, 1.54) is 0 Å². The number of halogens is 1. The number of benzene rings is 2. The third kappa shape index (κ3) is 3.68. The number of nitrogens with one attached hydrogen (secondary N) is 3. The van der Waals surface area contributed by atoms with Crippen LogP contribution in [0.4, 0.5) is 15.9 Å². The van der Waals surface area contributed by atoms with E-state index >= 15 is 4.39 Å². The lowest BCUT2D eigenvalue weighted by molar-refractivity contribution is 0.416. The summed E-state index contributed by atoms with van der Waals surface area (Å²) in [6, 6.07) is 15.1. The molecular formula is C26H26FN7O. The largest absolute Gasteiger partial charge is 0.496 e. The minimum absolute atomic E-state index is 0.135. The normalized spacial score (nSPS) is 15.2. The molecule has 0 atom stereocenters. The highest BCUT2D eigenvalue weighted by Gasteiger charge is 2.27. The average molecular weight is 472 g/mol. The van der Waals surface area contributed by atoms with Gasteiger partial charge in [0.05, 0.1) is 12.8 Å². The fraction of sp³-hybridized carbons (Fsp3) is 0.269. The second-order valence-corrected chi connectivity index (χ2v) is 8.72. The summed E-state index contributed by atoms with van der Waals surface area (Å²) < 4.78 is 23.2. The molecule has 0 bridgehead atoms. The second kappa shape index (κ2) is 8.66. The average Bonchev–Trinajstić information content (AvgIpc) is 3.39. The maximum atomic E-state index is 15.6. The van der Waals surface area contributed by atoms with Crippen LogP contribution in [0.25, 0.3) is 33.8 Å². The molecule has 2 aromatic rings. The van der Waals surface area contributed by atoms with E-state index in [4.69, 9.17) is 10.1 Å². The summed E-state index contributed by atoms with van der Waals surface area (Å²) in [7, 11) is 1.65. The molecule has 2 aromatic carbocycles. The van der Waals surface area contributed by atoms with Crippen LogP contribution in [0.5, 0.6) is 5.75 Å². The van der Waals surface area contributed by atoms with Crippen molar-refractivity contribution >= 4 is 11.5 Å². The summed E-state index contributed by atoms with van der Waals surface area (Å²) in [5, 5.41) is 15.0. The number of para-hydroxylation sites is 1. The summed E-state index contributed by atoms with van der Waals surface area (Å²) in [5.74, 6) is 1.90. The number of rotatable bonds is 4. The number of hydrogen-bond donors (Lipinski definition) is 3. The number of piperazine rings is 1. The van der Waals surface area contributed by atoms with Gasteiger partial charge < -0.3 is 24.8 Å². The van der Waals surface area contributed by atoms with Gasteiger partial charge >= 0.3 is 0 Å². The van der Waals surface area contributed by atoms with Crippen LogP contribution in [0.2, 0.25) is 0 Å². The quantitative estimate of drug-likeness (QED) is 0.424. The number of nitrogens with zero attached hydrogens (tertiary/aromatic N) is 4. The molecule has 8 nitrogen and oxygen atoms in total. The van der Waals surface area contributed by atoms with E-state index in [9.17, 15) is 0 Å². The van der Waals surface area contributed by atoms with Gasteiger partial charge in [0.15, 0.2) is 0 Å². The molecule has 0 aromatic heterocycles. The lowest BCUT2D eigenvalue weighted by Crippen LogP contribution is -2.43. The van der Waals surface area contributed by atoms with Gasteiger partial charge in [0, 0.05) is 67.2 Å². The molecule has 35 heavy (non-hydrogen) atoms. The Hall–Kier alpha value is -3.98. The first-order chi connectivity index (χ1) is 17.1. The van der Waals surface area contributed by atoms with Crippen molar-refractivity contribution in [3.63, 3.8) is 0 Å². The minimum atomic E-state index is -0.358. The third-order valence-corrected chi connectivity index (χ3v) is 6.71. The highest BCUT2D eigenvalue weighted by Crippen LogP contribution is 2.43. The first-order valence-electron chi connectivity index (χ1n) is 11.8. The van der Waals surface area contributed by atoms with Crippen molar-refractivity contribution in [2.75, 3.05) is 50.1 Å². The molecule has 3 N–H and O–H groups in total. The van der Waals surface area contributed by atoms with E-state index in [0.717, 1.165) is 61.1 Å². The molecule has 4 heterocycles. The number of fused-ring (bicyclic) bond motifs is 3. The monoisotopic (exact) mass is 471 g/mol. The Morgan fingerprint density at radius 3 is 2.54 bits per heavy atom. The number of aromatic nitrogens is 3. The molecule has 0 radical (unpaired) electrons. The van der Waals surface area contributed by atoms with Gasteiger partial charge in [0.1, 0.15) is 23.2 Å². The van der Waals surface area contributed by atoms with Gasteiger partial charge in [-0.2, -0.15) is 4.98 Å². The number of pyridine rings is 1. The second-order valence-electron chi connectivity index (χ2n) is 8.72. The predicted octanol–water partition coefficient (Wildman–Crippen LogP) is 3.18. The summed E-state index contributed by atoms with van der Waals surface area (Å²) in [5.41, 5.74) is 4.04. The van der Waals surface area contributed by atoms with Gasteiger partial charge in [-0.05, 0) is 30.3 Å². The van der Waals surface area contributed by atoms with E-state index in [-0.39, 0.29) is 11.4 Å². The summed E-state index contributed by atoms with van der Waals surface area (Å²) in [4.78, 5) is 11.0. The first-order valence-corrected chi connectivity index (χ1v) is 11.8. The number of anilines is 2. The van der Waals surface area contributed by atoms with Crippen molar-refractivity contribution in [3.8, 4) is 39.5 Å². The van der Waals surface area contributed by atoms with Crippen LogP contribution in [0.15, 0.2) is 48.5 Å². The molecule has 4 aliphatic rings. The van der Waals surface area contributed by atoms with Crippen molar-refractivity contribution in [1.82, 2.24) is 19.9 Å². The zero-order valence-electron chi connectivity index (χ0n) is 19.4. The van der Waals surface area contributed by atoms with Gasteiger partial charge in [0.25, 0.3) is 0 Å². The fourth-order valence-electron chi connectivity index (χ4n) is 5.05. The van der Waals surface area contributed by atoms with Crippen LogP contribution in [0, 0.1) is 11.2 Å². The minimum Gasteiger partial charge on any atom is -0.496 e. The lowest BCUT2D eigenvalue weighted by Gasteiger charge is -2.29. The Balaban J connectivity index is 1.55. The molecule has 0 unspecified atom stereocenters. The molecule has 9 heteroatoms. The Bertz CT molecular complexity index is 1440. The molecule has 4 aliphatic heterocycles. The molecule has 0 aliphatic carbocycles. The van der Waals surface area contributed by atoms with Crippen molar-refractivity contribution in [2.24, 2.45) is 0 Å². The van der Waals surface area contributed by atoms with Crippen LogP contribution in [0.3, 0.4) is 0 Å². The molecule has 6 rings (SSSR count). The fourth-order valence-corrected chi connectivity index (χ4v) is 5.05. The Labute approximate surface area is 202 Å². The van der Waals surface area contributed by atoms with Crippen LogP contribution in [-0.2, 0) is 6.54 Å². The van der Waals surface area contributed by atoms with E-state index in [2.05, 4.69) is 25.5 Å². The van der Waals surface area contributed by atoms with E-state index < -0.39 is 0 Å². The Morgan fingerprint density at radius 2 is 1.74 bits per heavy atom. The van der Waals surface area contributed by atoms with Crippen molar-refractivity contribution in [1.29, 1.82) is 5.41 Å². The third-order valence-electron chi connectivity index (χ3n) is 6.71. The summed E-state index contributed by atoms with van der Waals surface area (Å²) >= 11 is 0. The smallest absolute Gasteiger partial charge is 0.244 e. The van der Waals surface area contributed by atoms with E-state index in [1.807, 2.05) is 41.0 Å². The topological polar surface area (TPSA) is 91.1 Å². The van der Waals surface area contributed by atoms with E-state index in [0.29, 0.717) is 29.2 Å². The van der Waals surface area contributed by atoms with Crippen LogP contribution >= 0.6 is 0 Å². The zero-order chi connectivity index (χ0) is 23.9. The Morgan fingerprint density at radius 1 is 0.914 bits per heavy atom. The summed E-state index contributed by atoms with van der Waals surface area (Å²) in [6.45, 7) is 4.86. The van der Waals surface area contributed by atoms with Gasteiger partial charge in [-0.25, -0.2) is 9.37 Å². The maximum absolute atomic E-state index is 15.6. The number of hydrogen-bond acceptors (Lipinski definition) is 7. The number of ether oxygens (including phenoxy) is 1. The van der Waals surface area contributed by atoms with Crippen molar-refractivity contribution in [3.05, 3.63) is 60.0 Å². The molecule has 1 fully saturated rings. The van der Waals surface area contributed by atoms with Crippen LogP contribution in [-0.4, -0.2) is 54.4 Å². The Kier molecular flexibility index (Phi) is 5.33. The predicted molar refractivity (Wildman–Crippen MR) is 133 cm³/mol. The first kappa shape index (κ1) is 21.5. The van der Waals surface area contributed by atoms with Crippen LogP contribution in [0.1, 0.15) is 0 Å². The molecule has 0 spiro atoms. The maximum Gasteiger partial charge on any atom is 0.244 e. The van der Waals surface area contributed by atoms with Gasteiger partial charge in [-0.1, -0.05) is 18.2 Å². The standard InChI is InChI=1S/C26H26FN7O/c1-35-22-5-3-2-4-17(22)19-15-20-23(31-26(28)32-25(20)34-13-10-30-24(19)34)18-7-6-16(14-21(18)27)33-11-8-29-9-12-33/h2-7,14-15,28-30H,8-13H2,1H3. The summed E-state index contributed by atoms with van der Waals surface area (Å²) in [6.07, 6.45) is 0. The van der Waals surface area contributed by atoms with Crippen molar-refractivity contribution < 1.29 is 9.13 Å². The van der Waals surface area contributed by atoms with E-state index in [1.54, 1.807) is 19.2 Å². The highest BCUT2D eigenvalue weighted by atomic mass is 19.1. The molecule has 178 valence electrons. The number of methoxy groups -OCH3 is 1. The molecule has 0 amide bonds. The zero-order valence-corrected chi connectivity index (χ0v) is 19.4. The van der Waals surface area contributed by atoms with Crippen molar-refractivity contribution in [2.45, 2.75) is 6.54 Å². The molecule has 1 saturated heterocycles. The molecular weight excluding hydrogens is 445 g/mol. The van der Waals surface area contributed by atoms with Gasteiger partial charge in [0.2, 0.25) is 5.62 Å². The van der Waals surface area contributed by atoms with Gasteiger partial charge in [-0.3, -0.25) is 5.41 Å². The van der Waals surface area contributed by atoms with Gasteiger partial charge in [-0.15, -0.1) is 0 Å². The molecule has 0 saturated carbocycles.